The molecule has 0 heterocycles. The van der Waals surface area contributed by atoms with Gasteiger partial charge in [0.25, 0.3) is 0 Å². The zero-order valence-electron chi connectivity index (χ0n) is 13.0. The molecule has 5 heteroatoms. The molecule has 0 aliphatic heterocycles. The Bertz CT molecular complexity index is 508. The summed E-state index contributed by atoms with van der Waals surface area (Å²) in [6.07, 6.45) is 1.75. The van der Waals surface area contributed by atoms with Crippen LogP contribution < -0.4 is 11.1 Å². The van der Waals surface area contributed by atoms with Crippen LogP contribution in [-0.2, 0) is 11.2 Å². The highest BCUT2D eigenvalue weighted by molar-refractivity contribution is 6.06. The van der Waals surface area contributed by atoms with Crippen molar-refractivity contribution in [1.82, 2.24) is 5.32 Å². The zero-order valence-corrected chi connectivity index (χ0v) is 13.0. The summed E-state index contributed by atoms with van der Waals surface area (Å²) in [5.74, 6) is -0.212. The Morgan fingerprint density at radius 2 is 2.05 bits per heavy atom. The number of rotatable bonds is 7. The molecule has 0 atom stereocenters. The van der Waals surface area contributed by atoms with Gasteiger partial charge in [-0.05, 0) is 31.7 Å². The summed E-state index contributed by atoms with van der Waals surface area (Å²) in [6, 6.07) is 8.18. The largest absolute Gasteiger partial charge is 0.409 e. The van der Waals surface area contributed by atoms with Crippen molar-refractivity contribution in [3.8, 4) is 0 Å². The highest BCUT2D eigenvalue weighted by Gasteiger charge is 2.39. The average molecular weight is 291 g/mol. The van der Waals surface area contributed by atoms with Gasteiger partial charge in [-0.2, -0.15) is 0 Å². The van der Waals surface area contributed by atoms with Gasteiger partial charge in [0.15, 0.2) is 5.84 Å². The Hall–Kier alpha value is -2.04. The first-order chi connectivity index (χ1) is 10.00. The maximum Gasteiger partial charge on any atom is 0.233 e. The lowest BCUT2D eigenvalue weighted by molar-refractivity contribution is -0.127. The van der Waals surface area contributed by atoms with E-state index in [1.807, 2.05) is 39.0 Å². The summed E-state index contributed by atoms with van der Waals surface area (Å²) in [5, 5.41) is 14.8. The topological polar surface area (TPSA) is 87.7 Å². The summed E-state index contributed by atoms with van der Waals surface area (Å²) in [5.41, 5.74) is 7.17. The molecule has 1 amide bonds. The van der Waals surface area contributed by atoms with E-state index in [9.17, 15) is 4.79 Å². The van der Waals surface area contributed by atoms with Crippen LogP contribution >= 0.6 is 0 Å². The fraction of sp³-hybridized carbons (Fsp3) is 0.500. The number of carbonyl (C=O) groups is 1. The number of amides is 1. The molecule has 0 saturated carbocycles. The lowest BCUT2D eigenvalue weighted by Crippen LogP contribution is -2.49. The second-order valence-corrected chi connectivity index (χ2v) is 5.27. The molecule has 0 aromatic heterocycles. The van der Waals surface area contributed by atoms with Crippen LogP contribution in [0.25, 0.3) is 0 Å². The van der Waals surface area contributed by atoms with Crippen LogP contribution in [0.5, 0.6) is 0 Å². The van der Waals surface area contributed by atoms with Crippen LogP contribution in [0.1, 0.15) is 37.8 Å². The quantitative estimate of drug-likeness (QED) is 0.311. The summed E-state index contributed by atoms with van der Waals surface area (Å²) in [7, 11) is 0. The molecule has 0 unspecified atom stereocenters. The summed E-state index contributed by atoms with van der Waals surface area (Å²) < 4.78 is 0. The number of carbonyl (C=O) groups excluding carboxylic acids is 1. The molecule has 21 heavy (non-hydrogen) atoms. The van der Waals surface area contributed by atoms with Gasteiger partial charge in [0.1, 0.15) is 5.41 Å². The molecule has 116 valence electrons. The molecule has 0 aliphatic rings. The zero-order chi connectivity index (χ0) is 15.9. The third kappa shape index (κ3) is 3.97. The SMILES string of the molecule is CCC(CC)(C(=O)NCCc1cccc(C)c1)C(N)=NO. The Morgan fingerprint density at radius 3 is 2.57 bits per heavy atom. The number of amidine groups is 1. The summed E-state index contributed by atoms with van der Waals surface area (Å²) in [4.78, 5) is 12.4. The standard InChI is InChI=1S/C16H25N3O2/c1-4-16(5-2,14(17)19-21)15(20)18-10-9-13-8-6-7-12(3)11-13/h6-8,11,21H,4-5,9-10H2,1-3H3,(H2,17,19)(H,18,20). The Balaban J connectivity index is 2.67. The fourth-order valence-corrected chi connectivity index (χ4v) is 2.50. The monoisotopic (exact) mass is 291 g/mol. The van der Waals surface area contributed by atoms with Crippen molar-refractivity contribution in [2.75, 3.05) is 6.54 Å². The first-order valence-corrected chi connectivity index (χ1v) is 7.32. The molecule has 1 aromatic rings. The minimum atomic E-state index is -0.929. The van der Waals surface area contributed by atoms with Crippen LogP contribution in [0.3, 0.4) is 0 Å². The second-order valence-electron chi connectivity index (χ2n) is 5.27. The average Bonchev–Trinajstić information content (AvgIpc) is 2.49. The van der Waals surface area contributed by atoms with E-state index >= 15 is 0 Å². The summed E-state index contributed by atoms with van der Waals surface area (Å²) >= 11 is 0. The number of oxime groups is 1. The predicted molar refractivity (Wildman–Crippen MR) is 84.3 cm³/mol. The van der Waals surface area contributed by atoms with Crippen LogP contribution in [0, 0.1) is 12.3 Å². The van der Waals surface area contributed by atoms with E-state index in [0.29, 0.717) is 19.4 Å². The maximum absolute atomic E-state index is 12.4. The van der Waals surface area contributed by atoms with E-state index in [0.717, 1.165) is 6.42 Å². The van der Waals surface area contributed by atoms with Crippen LogP contribution in [0.2, 0.25) is 0 Å². The first kappa shape index (κ1) is 17.0. The van der Waals surface area contributed by atoms with Crippen molar-refractivity contribution in [3.05, 3.63) is 35.4 Å². The number of aryl methyl sites for hydroxylation is 1. The summed E-state index contributed by atoms with van der Waals surface area (Å²) in [6.45, 7) is 6.30. The van der Waals surface area contributed by atoms with Gasteiger partial charge in [-0.1, -0.05) is 48.8 Å². The van der Waals surface area contributed by atoms with E-state index < -0.39 is 5.41 Å². The fourth-order valence-electron chi connectivity index (χ4n) is 2.50. The molecular weight excluding hydrogens is 266 g/mol. The molecule has 0 fully saturated rings. The number of nitrogens with one attached hydrogen (secondary N) is 1. The Kier molecular flexibility index (Phi) is 6.21. The van der Waals surface area contributed by atoms with Gasteiger partial charge >= 0.3 is 0 Å². The lowest BCUT2D eigenvalue weighted by atomic mass is 9.80. The van der Waals surface area contributed by atoms with Gasteiger partial charge in [0, 0.05) is 6.54 Å². The van der Waals surface area contributed by atoms with E-state index in [4.69, 9.17) is 10.9 Å². The van der Waals surface area contributed by atoms with Crippen LogP contribution in [0.4, 0.5) is 0 Å². The maximum atomic E-state index is 12.4. The molecule has 5 nitrogen and oxygen atoms in total. The number of benzene rings is 1. The molecule has 0 radical (unpaired) electrons. The van der Waals surface area contributed by atoms with Gasteiger partial charge in [-0.15, -0.1) is 0 Å². The lowest BCUT2D eigenvalue weighted by Gasteiger charge is -2.28. The molecule has 0 saturated heterocycles. The third-order valence-corrected chi connectivity index (χ3v) is 4.02. The highest BCUT2D eigenvalue weighted by Crippen LogP contribution is 2.26. The number of nitrogens with two attached hydrogens (primary N) is 1. The van der Waals surface area contributed by atoms with E-state index in [1.165, 1.54) is 11.1 Å². The minimum absolute atomic E-state index is 0.0273. The van der Waals surface area contributed by atoms with Gasteiger partial charge in [-0.25, -0.2) is 0 Å². The van der Waals surface area contributed by atoms with Crippen molar-refractivity contribution in [1.29, 1.82) is 0 Å². The van der Waals surface area contributed by atoms with Crippen LogP contribution in [0.15, 0.2) is 29.4 Å². The van der Waals surface area contributed by atoms with E-state index in [-0.39, 0.29) is 11.7 Å². The predicted octanol–water partition coefficient (Wildman–Crippen LogP) is 2.21. The number of nitrogens with zero attached hydrogens (tertiary/aromatic N) is 1. The van der Waals surface area contributed by atoms with E-state index in [1.54, 1.807) is 0 Å². The van der Waals surface area contributed by atoms with Gasteiger partial charge in [0.2, 0.25) is 5.91 Å². The molecule has 0 spiro atoms. The van der Waals surface area contributed by atoms with Gasteiger partial charge in [0.05, 0.1) is 0 Å². The molecule has 4 N–H and O–H groups in total. The smallest absolute Gasteiger partial charge is 0.233 e. The van der Waals surface area contributed by atoms with Crippen molar-refractivity contribution >= 4 is 11.7 Å². The number of hydrogen-bond acceptors (Lipinski definition) is 3. The Labute approximate surface area is 126 Å². The van der Waals surface area contributed by atoms with E-state index in [2.05, 4.69) is 16.5 Å². The third-order valence-electron chi connectivity index (χ3n) is 4.02. The molecule has 0 bridgehead atoms. The molecule has 0 aliphatic carbocycles. The van der Waals surface area contributed by atoms with Crippen molar-refractivity contribution < 1.29 is 10.0 Å². The number of hydrogen-bond donors (Lipinski definition) is 3. The van der Waals surface area contributed by atoms with Crippen molar-refractivity contribution in [3.63, 3.8) is 0 Å². The Morgan fingerprint density at radius 1 is 1.38 bits per heavy atom. The van der Waals surface area contributed by atoms with Gasteiger partial charge in [-0.3, -0.25) is 4.79 Å². The highest BCUT2D eigenvalue weighted by atomic mass is 16.4. The molecule has 1 aromatic carbocycles. The van der Waals surface area contributed by atoms with Crippen molar-refractivity contribution in [2.24, 2.45) is 16.3 Å². The molecular formula is C16H25N3O2. The van der Waals surface area contributed by atoms with Gasteiger partial charge < -0.3 is 16.3 Å². The van der Waals surface area contributed by atoms with Crippen molar-refractivity contribution in [2.45, 2.75) is 40.0 Å². The van der Waals surface area contributed by atoms with Crippen LogP contribution in [-0.4, -0.2) is 23.5 Å². The first-order valence-electron chi connectivity index (χ1n) is 7.32. The minimum Gasteiger partial charge on any atom is -0.409 e. The second kappa shape index (κ2) is 7.67. The normalized spacial score (nSPS) is 12.2. The molecule has 1 rings (SSSR count).